The SMILES string of the molecule is CCCCCCCCCCCCCCC(OC(C)=O)S(=O)(=O)[O-].[Na+]. The van der Waals surface area contributed by atoms with Crippen molar-refractivity contribution >= 4 is 16.1 Å². The molecule has 0 aliphatic heterocycles. The second-order valence-corrected chi connectivity index (χ2v) is 7.72. The van der Waals surface area contributed by atoms with E-state index in [0.717, 1.165) is 26.2 Å². The summed E-state index contributed by atoms with van der Waals surface area (Å²) in [6.45, 7) is 3.33. The Balaban J connectivity index is 0. The predicted octanol–water partition coefficient (Wildman–Crippen LogP) is 1.52. The van der Waals surface area contributed by atoms with Crippen LogP contribution in [0.15, 0.2) is 0 Å². The van der Waals surface area contributed by atoms with Crippen LogP contribution in [-0.2, 0) is 19.6 Å². The van der Waals surface area contributed by atoms with Crippen LogP contribution in [0, 0.1) is 0 Å². The van der Waals surface area contributed by atoms with Gasteiger partial charge in [-0.15, -0.1) is 0 Å². The van der Waals surface area contributed by atoms with E-state index in [2.05, 4.69) is 11.7 Å². The van der Waals surface area contributed by atoms with Gasteiger partial charge in [-0.25, -0.2) is 8.42 Å². The Morgan fingerprint density at radius 3 is 1.58 bits per heavy atom. The quantitative estimate of drug-likeness (QED) is 0.188. The molecule has 0 aromatic carbocycles. The Morgan fingerprint density at radius 1 is 0.875 bits per heavy atom. The molecule has 0 aliphatic carbocycles. The maximum Gasteiger partial charge on any atom is 1.00 e. The first-order valence-corrected chi connectivity index (χ1v) is 10.5. The number of rotatable bonds is 15. The van der Waals surface area contributed by atoms with Crippen LogP contribution in [0.5, 0.6) is 0 Å². The van der Waals surface area contributed by atoms with Crippen LogP contribution in [0.4, 0.5) is 0 Å². The molecular weight excluding hydrogens is 339 g/mol. The average Bonchev–Trinajstić information content (AvgIpc) is 2.45. The average molecular weight is 373 g/mol. The van der Waals surface area contributed by atoms with E-state index in [1.165, 1.54) is 51.4 Å². The van der Waals surface area contributed by atoms with Crippen molar-refractivity contribution in [2.75, 3.05) is 0 Å². The zero-order valence-corrected chi connectivity index (χ0v) is 18.5. The summed E-state index contributed by atoms with van der Waals surface area (Å²) >= 11 is 0. The molecule has 0 spiro atoms. The van der Waals surface area contributed by atoms with E-state index in [4.69, 9.17) is 0 Å². The first kappa shape index (κ1) is 26.6. The predicted molar refractivity (Wildman–Crippen MR) is 90.9 cm³/mol. The number of esters is 1. The summed E-state index contributed by atoms with van der Waals surface area (Å²) in [5.74, 6) is -0.728. The number of carbonyl (C=O) groups is 1. The molecule has 7 heteroatoms. The summed E-state index contributed by atoms with van der Waals surface area (Å²) in [7, 11) is -4.57. The van der Waals surface area contributed by atoms with Crippen molar-refractivity contribution in [3.8, 4) is 0 Å². The molecule has 0 aromatic rings. The molecule has 1 atom stereocenters. The molecule has 0 saturated heterocycles. The van der Waals surface area contributed by atoms with Gasteiger partial charge < -0.3 is 9.29 Å². The summed E-state index contributed by atoms with van der Waals surface area (Å²) in [5, 5.41) is 0. The third-order valence-corrected chi connectivity index (χ3v) is 4.89. The minimum atomic E-state index is -4.57. The van der Waals surface area contributed by atoms with Gasteiger partial charge in [0.2, 0.25) is 0 Å². The first-order chi connectivity index (χ1) is 10.9. The van der Waals surface area contributed by atoms with Crippen LogP contribution < -0.4 is 29.6 Å². The Hall–Kier alpha value is 0.380. The minimum absolute atomic E-state index is 0. The monoisotopic (exact) mass is 372 g/mol. The van der Waals surface area contributed by atoms with Crippen molar-refractivity contribution in [2.24, 2.45) is 0 Å². The molecule has 0 bridgehead atoms. The fourth-order valence-corrected chi connectivity index (χ4v) is 3.31. The maximum atomic E-state index is 11.0. The van der Waals surface area contributed by atoms with Gasteiger partial charge in [0, 0.05) is 6.92 Å². The van der Waals surface area contributed by atoms with Crippen LogP contribution in [0.1, 0.15) is 97.3 Å². The van der Waals surface area contributed by atoms with Gasteiger partial charge in [-0.2, -0.15) is 0 Å². The van der Waals surface area contributed by atoms with Crippen LogP contribution in [0.3, 0.4) is 0 Å². The Bertz CT molecular complexity index is 398. The van der Waals surface area contributed by atoms with E-state index in [1.807, 2.05) is 0 Å². The smallest absolute Gasteiger partial charge is 0.745 e. The molecule has 0 rings (SSSR count). The fraction of sp³-hybridized carbons (Fsp3) is 0.941. The topological polar surface area (TPSA) is 83.5 Å². The summed E-state index contributed by atoms with van der Waals surface area (Å²) in [6.07, 6.45) is 14.1. The van der Waals surface area contributed by atoms with Crippen molar-refractivity contribution in [2.45, 2.75) is 103 Å². The minimum Gasteiger partial charge on any atom is -0.745 e. The van der Waals surface area contributed by atoms with Gasteiger partial charge in [-0.05, 0) is 12.8 Å². The molecule has 5 nitrogen and oxygen atoms in total. The molecule has 0 radical (unpaired) electrons. The van der Waals surface area contributed by atoms with Crippen molar-refractivity contribution in [3.63, 3.8) is 0 Å². The van der Waals surface area contributed by atoms with Gasteiger partial charge in [0.05, 0.1) is 0 Å². The molecule has 0 N–H and O–H groups in total. The van der Waals surface area contributed by atoms with E-state index in [9.17, 15) is 17.8 Å². The van der Waals surface area contributed by atoms with Crippen LogP contribution >= 0.6 is 0 Å². The molecule has 0 fully saturated rings. The van der Waals surface area contributed by atoms with E-state index >= 15 is 0 Å². The van der Waals surface area contributed by atoms with Crippen molar-refractivity contribution in [1.82, 2.24) is 0 Å². The molecule has 0 aliphatic rings. The van der Waals surface area contributed by atoms with E-state index in [0.29, 0.717) is 6.42 Å². The summed E-state index contributed by atoms with van der Waals surface area (Å²) in [5.41, 5.74) is -1.52. The van der Waals surface area contributed by atoms with E-state index in [-0.39, 0.29) is 36.0 Å². The molecule has 0 aromatic heterocycles. The largest absolute Gasteiger partial charge is 1.00 e. The number of hydrogen-bond donors (Lipinski definition) is 0. The Kier molecular flexibility index (Phi) is 18.7. The molecule has 138 valence electrons. The number of unbranched alkanes of at least 4 members (excludes halogenated alkanes) is 11. The second kappa shape index (κ2) is 16.8. The van der Waals surface area contributed by atoms with Gasteiger partial charge >= 0.3 is 35.5 Å². The number of hydrogen-bond acceptors (Lipinski definition) is 5. The fourth-order valence-electron chi connectivity index (χ4n) is 2.60. The molecule has 0 amide bonds. The third-order valence-electron chi connectivity index (χ3n) is 3.91. The van der Waals surface area contributed by atoms with Crippen molar-refractivity contribution in [1.29, 1.82) is 0 Å². The standard InChI is InChI=1S/C17H34O5S.Na/c1-3-4-5-6-7-8-9-10-11-12-13-14-15-17(22-16(2)18)23(19,20)21;/h17H,3-15H2,1-2H3,(H,19,20,21);/q;+1/p-1. The van der Waals surface area contributed by atoms with Crippen LogP contribution in [0.2, 0.25) is 0 Å². The zero-order valence-electron chi connectivity index (χ0n) is 15.7. The molecule has 0 heterocycles. The van der Waals surface area contributed by atoms with Crippen molar-refractivity contribution < 1.29 is 52.1 Å². The van der Waals surface area contributed by atoms with Gasteiger partial charge in [0.25, 0.3) is 0 Å². The van der Waals surface area contributed by atoms with Gasteiger partial charge in [0.1, 0.15) is 10.1 Å². The zero-order chi connectivity index (χ0) is 17.6. The Morgan fingerprint density at radius 2 is 1.25 bits per heavy atom. The summed E-state index contributed by atoms with van der Waals surface area (Å²) in [4.78, 5) is 10.8. The van der Waals surface area contributed by atoms with Gasteiger partial charge in [0.15, 0.2) is 5.44 Å². The van der Waals surface area contributed by atoms with E-state index < -0.39 is 21.5 Å². The second-order valence-electron chi connectivity index (χ2n) is 6.21. The van der Waals surface area contributed by atoms with Gasteiger partial charge in [-0.1, -0.05) is 77.6 Å². The molecule has 0 saturated carbocycles. The van der Waals surface area contributed by atoms with Crippen LogP contribution in [0.25, 0.3) is 0 Å². The molecular formula is C17H33NaO5S. The summed E-state index contributed by atoms with van der Waals surface area (Å²) in [6, 6.07) is 0. The van der Waals surface area contributed by atoms with Crippen molar-refractivity contribution in [3.05, 3.63) is 0 Å². The normalized spacial score (nSPS) is 12.5. The Labute approximate surface area is 170 Å². The van der Waals surface area contributed by atoms with Crippen LogP contribution in [-0.4, -0.2) is 24.4 Å². The number of ether oxygens (including phenoxy) is 1. The molecule has 24 heavy (non-hydrogen) atoms. The maximum absolute atomic E-state index is 11.0. The summed E-state index contributed by atoms with van der Waals surface area (Å²) < 4.78 is 37.5. The number of carbonyl (C=O) groups excluding carboxylic acids is 1. The third kappa shape index (κ3) is 17.2. The van der Waals surface area contributed by atoms with Gasteiger partial charge in [-0.3, -0.25) is 4.79 Å². The van der Waals surface area contributed by atoms with E-state index in [1.54, 1.807) is 0 Å². The first-order valence-electron chi connectivity index (χ1n) is 9.00. The molecule has 1 unspecified atom stereocenters.